The molecular weight excluding hydrogens is 486 g/mol. The molecule has 7 nitrogen and oxygen atoms in total. The van der Waals surface area contributed by atoms with E-state index in [1.165, 1.54) is 12.3 Å². The molecule has 0 radical (unpaired) electrons. The van der Waals surface area contributed by atoms with Gasteiger partial charge < -0.3 is 25.8 Å². The topological polar surface area (TPSA) is 86.1 Å². The summed E-state index contributed by atoms with van der Waals surface area (Å²) in [6.45, 7) is 3.42. The van der Waals surface area contributed by atoms with Crippen molar-refractivity contribution in [2.45, 2.75) is 25.6 Å². The van der Waals surface area contributed by atoms with Gasteiger partial charge in [0.2, 0.25) is 5.95 Å². The van der Waals surface area contributed by atoms with Gasteiger partial charge in [-0.3, -0.25) is 0 Å². The van der Waals surface area contributed by atoms with Crippen LogP contribution in [0.1, 0.15) is 17.5 Å². The number of benzene rings is 2. The molecule has 1 fully saturated rings. The third-order valence-electron chi connectivity index (χ3n) is 6.75. The van der Waals surface area contributed by atoms with E-state index in [9.17, 15) is 17.6 Å². The normalized spacial score (nSPS) is 16.2. The van der Waals surface area contributed by atoms with Crippen LogP contribution in [0.3, 0.4) is 0 Å². The molecule has 2 aromatic heterocycles. The molecule has 2 aromatic carbocycles. The fraction of sp³-hybridized carbons (Fsp3) is 0.308. The minimum Gasteiger partial charge on any atom is -0.397 e. The fourth-order valence-corrected chi connectivity index (χ4v) is 4.81. The Morgan fingerprint density at radius 2 is 1.97 bits per heavy atom. The zero-order valence-corrected chi connectivity index (χ0v) is 20.6. The second-order valence-electron chi connectivity index (χ2n) is 9.58. The van der Waals surface area contributed by atoms with E-state index in [-0.39, 0.29) is 22.7 Å². The summed E-state index contributed by atoms with van der Waals surface area (Å²) in [5.41, 5.74) is 7.78. The minimum atomic E-state index is -4.70. The molecule has 1 aliphatic heterocycles. The molecule has 0 bridgehead atoms. The highest BCUT2D eigenvalue weighted by Gasteiger charge is 2.36. The van der Waals surface area contributed by atoms with Crippen LogP contribution in [0.4, 0.5) is 40.6 Å². The Morgan fingerprint density at radius 1 is 1.19 bits per heavy atom. The molecule has 1 saturated heterocycles. The number of rotatable bonds is 5. The maximum absolute atomic E-state index is 14.4. The van der Waals surface area contributed by atoms with Crippen molar-refractivity contribution in [3.05, 3.63) is 59.7 Å². The largest absolute Gasteiger partial charge is 0.419 e. The number of nitrogens with two attached hydrogens (primary N) is 1. The molecule has 3 heterocycles. The molecule has 0 unspecified atom stereocenters. The van der Waals surface area contributed by atoms with Crippen molar-refractivity contribution in [2.24, 2.45) is 0 Å². The molecule has 0 aliphatic carbocycles. The number of hydrogen-bond acceptors (Lipinski definition) is 6. The van der Waals surface area contributed by atoms with E-state index in [2.05, 4.69) is 44.2 Å². The Balaban J connectivity index is 1.48. The second kappa shape index (κ2) is 9.22. The zero-order valence-electron chi connectivity index (χ0n) is 20.6. The SMILES string of the molecule is Cc1cc(F)c2[nH]cc(-c3nc(Nc4ccc(N5CC[C@H](N(C)C)C5)c(N)c4)ncc3C(F)(F)F)c2c1. The van der Waals surface area contributed by atoms with Gasteiger partial charge in [0, 0.05) is 48.2 Å². The molecule has 4 N–H and O–H groups in total. The van der Waals surface area contributed by atoms with Gasteiger partial charge in [0.25, 0.3) is 0 Å². The number of likely N-dealkylation sites (N-methyl/N-ethyl adjacent to an activating group) is 1. The second-order valence-corrected chi connectivity index (χ2v) is 9.58. The predicted octanol–water partition coefficient (Wildman–Crippen LogP) is 5.56. The van der Waals surface area contributed by atoms with Crippen LogP contribution >= 0.6 is 0 Å². The number of nitrogen functional groups attached to an aromatic ring is 1. The van der Waals surface area contributed by atoms with E-state index in [0.29, 0.717) is 28.4 Å². The first-order chi connectivity index (χ1) is 17.5. The van der Waals surface area contributed by atoms with Crippen molar-refractivity contribution in [1.82, 2.24) is 19.9 Å². The van der Waals surface area contributed by atoms with E-state index in [1.54, 1.807) is 25.1 Å². The smallest absolute Gasteiger partial charge is 0.397 e. The first-order valence-corrected chi connectivity index (χ1v) is 11.8. The van der Waals surface area contributed by atoms with Gasteiger partial charge >= 0.3 is 6.18 Å². The summed E-state index contributed by atoms with van der Waals surface area (Å²) in [4.78, 5) is 15.2. The van der Waals surface area contributed by atoms with Crippen LogP contribution in [0, 0.1) is 12.7 Å². The van der Waals surface area contributed by atoms with Gasteiger partial charge in [0.05, 0.1) is 22.6 Å². The van der Waals surface area contributed by atoms with Gasteiger partial charge in [0.1, 0.15) is 11.4 Å². The standard InChI is InChI=1S/C26H27F4N7/c1-14-8-17-18(11-32-24(17)20(27)9-14)23-19(26(28,29)30)12-33-25(35-23)34-15-4-5-22(21(31)10-15)37-7-6-16(13-37)36(2)3/h4-5,8-12,16,32H,6-7,13,31H2,1-3H3,(H,33,34,35)/t16-/m0/s1. The Morgan fingerprint density at radius 3 is 2.65 bits per heavy atom. The number of aromatic amines is 1. The van der Waals surface area contributed by atoms with E-state index in [4.69, 9.17) is 5.73 Å². The first kappa shape index (κ1) is 24.8. The van der Waals surface area contributed by atoms with Gasteiger partial charge in [-0.25, -0.2) is 14.4 Å². The first-order valence-electron chi connectivity index (χ1n) is 11.8. The summed E-state index contributed by atoms with van der Waals surface area (Å²) in [6, 6.07) is 8.77. The van der Waals surface area contributed by atoms with Crippen molar-refractivity contribution >= 4 is 33.9 Å². The summed E-state index contributed by atoms with van der Waals surface area (Å²) in [5.74, 6) is -0.584. The third kappa shape index (κ3) is 4.78. The van der Waals surface area contributed by atoms with Crippen LogP contribution in [0.15, 0.2) is 42.7 Å². The number of H-pyrrole nitrogens is 1. The molecular formula is C26H27F4N7. The Labute approximate surface area is 211 Å². The Hall–Kier alpha value is -3.86. The lowest BCUT2D eigenvalue weighted by molar-refractivity contribution is -0.137. The number of nitrogens with one attached hydrogen (secondary N) is 2. The number of anilines is 4. The average molecular weight is 514 g/mol. The van der Waals surface area contributed by atoms with Crippen molar-refractivity contribution in [3.63, 3.8) is 0 Å². The lowest BCUT2D eigenvalue weighted by Crippen LogP contribution is -2.31. The number of nitrogens with zero attached hydrogens (tertiary/aromatic N) is 4. The highest BCUT2D eigenvalue weighted by molar-refractivity contribution is 5.96. The Bertz CT molecular complexity index is 1460. The monoisotopic (exact) mass is 513 g/mol. The zero-order chi connectivity index (χ0) is 26.5. The number of alkyl halides is 3. The van der Waals surface area contributed by atoms with E-state index in [0.717, 1.165) is 31.4 Å². The molecule has 4 aromatic rings. The summed E-state index contributed by atoms with van der Waals surface area (Å²) in [6.07, 6.45) is -1.60. The Kier molecular flexibility index (Phi) is 6.18. The van der Waals surface area contributed by atoms with Gasteiger partial charge in [-0.2, -0.15) is 13.2 Å². The van der Waals surface area contributed by atoms with Crippen LogP contribution in [0.2, 0.25) is 0 Å². The van der Waals surface area contributed by atoms with Crippen molar-refractivity contribution in [3.8, 4) is 11.3 Å². The highest BCUT2D eigenvalue weighted by atomic mass is 19.4. The highest BCUT2D eigenvalue weighted by Crippen LogP contribution is 2.39. The van der Waals surface area contributed by atoms with E-state index >= 15 is 0 Å². The van der Waals surface area contributed by atoms with Crippen molar-refractivity contribution in [1.29, 1.82) is 0 Å². The molecule has 0 saturated carbocycles. The lowest BCUT2D eigenvalue weighted by Gasteiger charge is -2.23. The van der Waals surface area contributed by atoms with Gasteiger partial charge in [-0.15, -0.1) is 0 Å². The summed E-state index contributed by atoms with van der Waals surface area (Å²) in [7, 11) is 4.10. The van der Waals surface area contributed by atoms with Gasteiger partial charge in [-0.05, 0) is 63.3 Å². The quantitative estimate of drug-likeness (QED) is 0.239. The van der Waals surface area contributed by atoms with Crippen molar-refractivity contribution in [2.75, 3.05) is 43.1 Å². The molecule has 0 amide bonds. The average Bonchev–Trinajstić information content (AvgIpc) is 3.46. The number of hydrogen-bond donors (Lipinski definition) is 3. The molecule has 1 atom stereocenters. The molecule has 1 aliphatic rings. The predicted molar refractivity (Wildman–Crippen MR) is 137 cm³/mol. The minimum absolute atomic E-state index is 0.0357. The maximum Gasteiger partial charge on any atom is 0.419 e. The number of aromatic nitrogens is 3. The summed E-state index contributed by atoms with van der Waals surface area (Å²) >= 11 is 0. The molecule has 194 valence electrons. The van der Waals surface area contributed by atoms with E-state index < -0.39 is 17.6 Å². The maximum atomic E-state index is 14.4. The fourth-order valence-electron chi connectivity index (χ4n) is 4.81. The number of fused-ring (bicyclic) bond motifs is 1. The van der Waals surface area contributed by atoms with Gasteiger partial charge in [-0.1, -0.05) is 0 Å². The van der Waals surface area contributed by atoms with Crippen LogP contribution in [0.25, 0.3) is 22.2 Å². The van der Waals surface area contributed by atoms with Crippen LogP contribution < -0.4 is 16.0 Å². The van der Waals surface area contributed by atoms with Crippen LogP contribution in [-0.4, -0.2) is 53.1 Å². The van der Waals surface area contributed by atoms with Gasteiger partial charge in [0.15, 0.2) is 0 Å². The summed E-state index contributed by atoms with van der Waals surface area (Å²) in [5, 5.41) is 3.27. The number of halogens is 4. The molecule has 37 heavy (non-hydrogen) atoms. The molecule has 5 rings (SSSR count). The third-order valence-corrected chi connectivity index (χ3v) is 6.75. The van der Waals surface area contributed by atoms with Crippen LogP contribution in [0.5, 0.6) is 0 Å². The lowest BCUT2D eigenvalue weighted by atomic mass is 10.0. The molecule has 0 spiro atoms. The molecule has 11 heteroatoms. The van der Waals surface area contributed by atoms with Crippen LogP contribution in [-0.2, 0) is 6.18 Å². The summed E-state index contributed by atoms with van der Waals surface area (Å²) < 4.78 is 56.0. The van der Waals surface area contributed by atoms with E-state index in [1.807, 2.05) is 6.07 Å². The number of aryl methyl sites for hydroxylation is 1. The van der Waals surface area contributed by atoms with Crippen molar-refractivity contribution < 1.29 is 17.6 Å².